The fourth-order valence-electron chi connectivity index (χ4n) is 1.95. The minimum absolute atomic E-state index is 0.275. The van der Waals surface area contributed by atoms with Gasteiger partial charge < -0.3 is 9.88 Å². The summed E-state index contributed by atoms with van der Waals surface area (Å²) >= 11 is 0. The first-order valence-corrected chi connectivity index (χ1v) is 6.43. The van der Waals surface area contributed by atoms with Crippen LogP contribution in [0, 0.1) is 0 Å². The molecule has 1 aromatic carbocycles. The van der Waals surface area contributed by atoms with Crippen LogP contribution in [0.1, 0.15) is 16.1 Å². The van der Waals surface area contributed by atoms with E-state index in [-0.39, 0.29) is 11.6 Å². The molecule has 6 nitrogen and oxygen atoms in total. The largest absolute Gasteiger partial charge is 0.333 e. The Labute approximate surface area is 121 Å². The highest BCUT2D eigenvalue weighted by atomic mass is 16.1. The molecule has 0 saturated carbocycles. The highest BCUT2D eigenvalue weighted by molar-refractivity contribution is 6.02. The van der Waals surface area contributed by atoms with E-state index in [0.717, 1.165) is 11.3 Å². The normalized spacial score (nSPS) is 10.3. The molecule has 0 unspecified atom stereocenters. The summed E-state index contributed by atoms with van der Waals surface area (Å²) in [6, 6.07) is 7.66. The van der Waals surface area contributed by atoms with Crippen molar-refractivity contribution in [2.24, 2.45) is 0 Å². The van der Waals surface area contributed by atoms with E-state index in [1.165, 1.54) is 18.6 Å². The van der Waals surface area contributed by atoms with Crippen molar-refractivity contribution in [1.29, 1.82) is 0 Å². The van der Waals surface area contributed by atoms with Gasteiger partial charge in [-0.05, 0) is 17.7 Å². The van der Waals surface area contributed by atoms with Crippen LogP contribution in [-0.2, 0) is 6.54 Å². The van der Waals surface area contributed by atoms with E-state index in [9.17, 15) is 4.79 Å². The first-order chi connectivity index (χ1) is 10.3. The van der Waals surface area contributed by atoms with Crippen molar-refractivity contribution in [1.82, 2.24) is 19.5 Å². The summed E-state index contributed by atoms with van der Waals surface area (Å²) in [4.78, 5) is 23.9. The topological polar surface area (TPSA) is 72.7 Å². The van der Waals surface area contributed by atoms with Crippen molar-refractivity contribution in [3.8, 4) is 0 Å². The molecule has 0 aliphatic rings. The Morgan fingerprint density at radius 1 is 1.19 bits per heavy atom. The minimum atomic E-state index is -0.275. The lowest BCUT2D eigenvalue weighted by Crippen LogP contribution is -2.14. The molecule has 0 atom stereocenters. The molecule has 3 rings (SSSR count). The number of benzene rings is 1. The molecule has 0 aliphatic carbocycles. The van der Waals surface area contributed by atoms with Gasteiger partial charge in [0, 0.05) is 37.0 Å². The van der Waals surface area contributed by atoms with Gasteiger partial charge in [0.25, 0.3) is 5.91 Å². The predicted molar refractivity (Wildman–Crippen MR) is 77.8 cm³/mol. The lowest BCUT2D eigenvalue weighted by molar-refractivity contribution is 0.102. The molecule has 6 heteroatoms. The van der Waals surface area contributed by atoms with Crippen LogP contribution in [0.2, 0.25) is 0 Å². The number of imidazole rings is 1. The number of nitrogens with zero attached hydrogens (tertiary/aromatic N) is 4. The molecule has 0 bridgehead atoms. The Hall–Kier alpha value is -3.02. The van der Waals surface area contributed by atoms with Gasteiger partial charge in [-0.3, -0.25) is 9.78 Å². The van der Waals surface area contributed by atoms with Gasteiger partial charge in [-0.25, -0.2) is 9.97 Å². The van der Waals surface area contributed by atoms with E-state index in [1.54, 1.807) is 12.5 Å². The summed E-state index contributed by atoms with van der Waals surface area (Å²) in [5, 5.41) is 2.81. The number of aromatic nitrogens is 4. The molecule has 2 heterocycles. The van der Waals surface area contributed by atoms with Gasteiger partial charge >= 0.3 is 0 Å². The Kier molecular flexibility index (Phi) is 3.68. The molecule has 0 radical (unpaired) electrons. The third-order valence-electron chi connectivity index (χ3n) is 2.91. The maximum Gasteiger partial charge on any atom is 0.275 e. The molecule has 0 spiro atoms. The quantitative estimate of drug-likeness (QED) is 0.792. The Bertz CT molecular complexity index is 725. The third kappa shape index (κ3) is 3.30. The van der Waals surface area contributed by atoms with E-state index in [2.05, 4.69) is 20.3 Å². The zero-order valence-corrected chi connectivity index (χ0v) is 11.2. The van der Waals surface area contributed by atoms with E-state index in [4.69, 9.17) is 0 Å². The average Bonchev–Trinajstić information content (AvgIpc) is 3.01. The van der Waals surface area contributed by atoms with Crippen LogP contribution < -0.4 is 5.32 Å². The fraction of sp³-hybridized carbons (Fsp3) is 0.0667. The van der Waals surface area contributed by atoms with Gasteiger partial charge in [0.1, 0.15) is 5.69 Å². The summed E-state index contributed by atoms with van der Waals surface area (Å²) in [6.07, 6.45) is 9.84. The number of anilines is 1. The van der Waals surface area contributed by atoms with Gasteiger partial charge in [-0.2, -0.15) is 0 Å². The lowest BCUT2D eigenvalue weighted by atomic mass is 10.2. The molecule has 0 aliphatic heterocycles. The second-order valence-corrected chi connectivity index (χ2v) is 4.48. The second kappa shape index (κ2) is 5.96. The minimum Gasteiger partial charge on any atom is -0.333 e. The maximum absolute atomic E-state index is 12.0. The number of hydrogen-bond donors (Lipinski definition) is 1. The van der Waals surface area contributed by atoms with Gasteiger partial charge in [-0.1, -0.05) is 12.1 Å². The van der Waals surface area contributed by atoms with Crippen molar-refractivity contribution < 1.29 is 4.79 Å². The Morgan fingerprint density at radius 2 is 2.14 bits per heavy atom. The maximum atomic E-state index is 12.0. The number of hydrogen-bond acceptors (Lipinski definition) is 4. The monoisotopic (exact) mass is 279 g/mol. The number of carbonyl (C=O) groups excluding carboxylic acids is 1. The van der Waals surface area contributed by atoms with Crippen molar-refractivity contribution in [2.75, 3.05) is 5.32 Å². The standard InChI is InChI=1S/C15H13N5O/c21-15(14-9-16-4-5-18-14)19-13-3-1-2-12(8-13)10-20-7-6-17-11-20/h1-9,11H,10H2,(H,19,21). The Morgan fingerprint density at radius 3 is 2.90 bits per heavy atom. The molecule has 1 amide bonds. The highest BCUT2D eigenvalue weighted by Crippen LogP contribution is 2.12. The number of nitrogens with one attached hydrogen (secondary N) is 1. The molecule has 0 fully saturated rings. The first-order valence-electron chi connectivity index (χ1n) is 6.43. The van der Waals surface area contributed by atoms with Crippen LogP contribution in [0.4, 0.5) is 5.69 Å². The van der Waals surface area contributed by atoms with Crippen LogP contribution in [0.3, 0.4) is 0 Å². The van der Waals surface area contributed by atoms with Crippen LogP contribution in [-0.4, -0.2) is 25.4 Å². The zero-order valence-electron chi connectivity index (χ0n) is 11.2. The molecule has 104 valence electrons. The summed E-state index contributed by atoms with van der Waals surface area (Å²) in [5.74, 6) is -0.275. The molecule has 2 aromatic heterocycles. The van der Waals surface area contributed by atoms with Crippen molar-refractivity contribution in [3.05, 3.63) is 72.8 Å². The predicted octanol–water partition coefficient (Wildman–Crippen LogP) is 1.97. The van der Waals surface area contributed by atoms with Crippen LogP contribution in [0.5, 0.6) is 0 Å². The smallest absolute Gasteiger partial charge is 0.275 e. The number of carbonyl (C=O) groups is 1. The molecule has 1 N–H and O–H groups in total. The zero-order chi connectivity index (χ0) is 14.5. The van der Waals surface area contributed by atoms with Crippen molar-refractivity contribution in [2.45, 2.75) is 6.54 Å². The van der Waals surface area contributed by atoms with Crippen LogP contribution in [0.15, 0.2) is 61.6 Å². The highest BCUT2D eigenvalue weighted by Gasteiger charge is 2.07. The molecular formula is C15H13N5O. The van der Waals surface area contributed by atoms with Gasteiger partial charge in [0.15, 0.2) is 0 Å². The fourth-order valence-corrected chi connectivity index (χ4v) is 1.95. The SMILES string of the molecule is O=C(Nc1cccc(Cn2ccnc2)c1)c1cnccn1. The third-order valence-corrected chi connectivity index (χ3v) is 2.91. The van der Waals surface area contributed by atoms with Gasteiger partial charge in [-0.15, -0.1) is 0 Å². The summed E-state index contributed by atoms with van der Waals surface area (Å²) < 4.78 is 1.96. The van der Waals surface area contributed by atoms with Gasteiger partial charge in [0.05, 0.1) is 12.5 Å². The van der Waals surface area contributed by atoms with Crippen molar-refractivity contribution >= 4 is 11.6 Å². The van der Waals surface area contributed by atoms with Crippen molar-refractivity contribution in [3.63, 3.8) is 0 Å². The van der Waals surface area contributed by atoms with E-state index >= 15 is 0 Å². The lowest BCUT2D eigenvalue weighted by Gasteiger charge is -2.07. The van der Waals surface area contributed by atoms with Gasteiger partial charge in [0.2, 0.25) is 0 Å². The summed E-state index contributed by atoms with van der Waals surface area (Å²) in [6.45, 7) is 0.703. The molecule has 21 heavy (non-hydrogen) atoms. The summed E-state index contributed by atoms with van der Waals surface area (Å²) in [7, 11) is 0. The first kappa shape index (κ1) is 13.0. The second-order valence-electron chi connectivity index (χ2n) is 4.48. The van der Waals surface area contributed by atoms with E-state index < -0.39 is 0 Å². The Balaban J connectivity index is 1.73. The van der Waals surface area contributed by atoms with E-state index in [0.29, 0.717) is 6.54 Å². The van der Waals surface area contributed by atoms with Crippen LogP contribution >= 0.6 is 0 Å². The molecule has 0 saturated heterocycles. The number of rotatable bonds is 4. The summed E-state index contributed by atoms with van der Waals surface area (Å²) in [5.41, 5.74) is 2.09. The average molecular weight is 279 g/mol. The van der Waals surface area contributed by atoms with E-state index in [1.807, 2.05) is 35.0 Å². The molecule has 3 aromatic rings. The number of amides is 1. The molecular weight excluding hydrogens is 266 g/mol. The van der Waals surface area contributed by atoms with Crippen LogP contribution in [0.25, 0.3) is 0 Å².